The van der Waals surface area contributed by atoms with Crippen LogP contribution >= 0.6 is 0 Å². The molecule has 0 spiro atoms. The van der Waals surface area contributed by atoms with Crippen molar-refractivity contribution in [3.05, 3.63) is 29.8 Å². The molecule has 4 heteroatoms. The fourth-order valence-corrected chi connectivity index (χ4v) is 0.985. The first-order chi connectivity index (χ1) is 8.19. The fourth-order valence-electron chi connectivity index (χ4n) is 0.985. The normalized spacial score (nSPS) is 8.65. The van der Waals surface area contributed by atoms with E-state index in [1.807, 2.05) is 0 Å². The van der Waals surface area contributed by atoms with Gasteiger partial charge in [0.15, 0.2) is 0 Å². The molecular weight excluding hydrogens is 218 g/mol. The average Bonchev–Trinajstić information content (AvgIpc) is 2.32. The first kappa shape index (κ1) is 15.2. The van der Waals surface area contributed by atoms with E-state index in [1.54, 1.807) is 31.2 Å². The maximum atomic E-state index is 11.2. The Morgan fingerprint density at radius 3 is 2.24 bits per heavy atom. The van der Waals surface area contributed by atoms with Gasteiger partial charge in [-0.25, -0.2) is 4.79 Å². The summed E-state index contributed by atoms with van der Waals surface area (Å²) in [5.74, 6) is -0.356. The van der Waals surface area contributed by atoms with Crippen LogP contribution in [0.3, 0.4) is 0 Å². The summed E-state index contributed by atoms with van der Waals surface area (Å²) < 4.78 is 4.80. The van der Waals surface area contributed by atoms with E-state index in [1.165, 1.54) is 6.42 Å². The number of rotatable bonds is 4. The van der Waals surface area contributed by atoms with E-state index >= 15 is 0 Å². The molecule has 0 unspecified atom stereocenters. The van der Waals surface area contributed by atoms with Crippen LogP contribution in [0, 0.1) is 0 Å². The minimum absolute atomic E-state index is 0. The summed E-state index contributed by atoms with van der Waals surface area (Å²) in [6.07, 6.45) is 1.83. The van der Waals surface area contributed by atoms with Crippen molar-refractivity contribution in [3.63, 3.8) is 0 Å². The highest BCUT2D eigenvalue weighted by molar-refractivity contribution is 5.90. The average molecular weight is 239 g/mol. The number of nitrogens with one attached hydrogen (secondary N) is 1. The van der Waals surface area contributed by atoms with Gasteiger partial charge >= 0.3 is 5.97 Å². The van der Waals surface area contributed by atoms with Crippen LogP contribution in [0.2, 0.25) is 0 Å². The number of carbonyl (C=O) groups excluding carboxylic acids is 2. The molecule has 1 amide bonds. The predicted octanol–water partition coefficient (Wildman–Crippen LogP) is 3.09. The standard InChI is InChI=1S/C10H11NO3.C3H8.H2/c1-2-14-10(13)8-3-5-9(6-4-8)11-7-12;1-3-2;/h3-7H,2H2,1H3,(H,11,12);3H2,1-2H3;1H. The van der Waals surface area contributed by atoms with Crippen LogP contribution < -0.4 is 5.32 Å². The number of carbonyl (C=O) groups is 2. The van der Waals surface area contributed by atoms with Crippen molar-refractivity contribution >= 4 is 18.1 Å². The van der Waals surface area contributed by atoms with Crippen LogP contribution in [-0.2, 0) is 9.53 Å². The first-order valence-electron chi connectivity index (χ1n) is 5.66. The smallest absolute Gasteiger partial charge is 0.338 e. The molecule has 1 rings (SSSR count). The third kappa shape index (κ3) is 6.35. The van der Waals surface area contributed by atoms with Crippen molar-refractivity contribution in [3.8, 4) is 0 Å². The number of hydrogen-bond donors (Lipinski definition) is 1. The van der Waals surface area contributed by atoms with Crippen LogP contribution in [0.1, 0.15) is 39.0 Å². The highest BCUT2D eigenvalue weighted by atomic mass is 16.5. The molecule has 1 aromatic carbocycles. The topological polar surface area (TPSA) is 55.4 Å². The van der Waals surface area contributed by atoms with E-state index in [0.717, 1.165) is 0 Å². The van der Waals surface area contributed by atoms with E-state index < -0.39 is 0 Å². The summed E-state index contributed by atoms with van der Waals surface area (Å²) in [7, 11) is 0. The van der Waals surface area contributed by atoms with Crippen LogP contribution in [0.5, 0.6) is 0 Å². The molecule has 96 valence electrons. The Bertz CT molecular complexity index is 339. The maximum Gasteiger partial charge on any atom is 0.338 e. The van der Waals surface area contributed by atoms with Crippen LogP contribution in [0.15, 0.2) is 24.3 Å². The zero-order valence-corrected chi connectivity index (χ0v) is 10.5. The van der Waals surface area contributed by atoms with Gasteiger partial charge in [0.1, 0.15) is 0 Å². The minimum Gasteiger partial charge on any atom is -0.462 e. The van der Waals surface area contributed by atoms with E-state index in [9.17, 15) is 9.59 Å². The lowest BCUT2D eigenvalue weighted by molar-refractivity contribution is -0.105. The van der Waals surface area contributed by atoms with Crippen LogP contribution in [0.25, 0.3) is 0 Å². The lowest BCUT2D eigenvalue weighted by Crippen LogP contribution is -2.04. The van der Waals surface area contributed by atoms with E-state index in [0.29, 0.717) is 24.3 Å². The van der Waals surface area contributed by atoms with Gasteiger partial charge in [-0.3, -0.25) is 4.79 Å². The third-order valence-corrected chi connectivity index (χ3v) is 1.62. The molecule has 17 heavy (non-hydrogen) atoms. The molecule has 0 atom stereocenters. The molecule has 0 aliphatic carbocycles. The molecule has 0 aliphatic rings. The van der Waals surface area contributed by atoms with Crippen molar-refractivity contribution in [2.24, 2.45) is 0 Å². The molecule has 0 aliphatic heterocycles. The highest BCUT2D eigenvalue weighted by Crippen LogP contribution is 2.09. The summed E-state index contributed by atoms with van der Waals surface area (Å²) in [5, 5.41) is 2.47. The lowest BCUT2D eigenvalue weighted by atomic mass is 10.2. The number of hydrogen-bond acceptors (Lipinski definition) is 3. The van der Waals surface area contributed by atoms with E-state index in [-0.39, 0.29) is 7.40 Å². The molecule has 0 radical (unpaired) electrons. The lowest BCUT2D eigenvalue weighted by Gasteiger charge is -2.02. The van der Waals surface area contributed by atoms with E-state index in [2.05, 4.69) is 19.2 Å². The maximum absolute atomic E-state index is 11.2. The zero-order valence-electron chi connectivity index (χ0n) is 10.5. The largest absolute Gasteiger partial charge is 0.462 e. The zero-order chi connectivity index (χ0) is 13.1. The molecule has 0 fully saturated rings. The Labute approximate surface area is 103 Å². The number of ether oxygens (including phenoxy) is 1. The Morgan fingerprint density at radius 1 is 1.29 bits per heavy atom. The second-order valence-electron chi connectivity index (χ2n) is 3.27. The van der Waals surface area contributed by atoms with Crippen molar-refractivity contribution in [2.45, 2.75) is 27.2 Å². The molecule has 0 saturated carbocycles. The van der Waals surface area contributed by atoms with Crippen LogP contribution in [0.4, 0.5) is 5.69 Å². The Morgan fingerprint density at radius 2 is 1.82 bits per heavy atom. The second kappa shape index (κ2) is 9.39. The van der Waals surface area contributed by atoms with Gasteiger partial charge in [-0.15, -0.1) is 0 Å². The highest BCUT2D eigenvalue weighted by Gasteiger charge is 2.04. The van der Waals surface area contributed by atoms with Gasteiger partial charge in [-0.1, -0.05) is 20.3 Å². The van der Waals surface area contributed by atoms with Gasteiger partial charge in [0, 0.05) is 7.11 Å². The summed E-state index contributed by atoms with van der Waals surface area (Å²) in [4.78, 5) is 21.3. The second-order valence-corrected chi connectivity index (χ2v) is 3.27. The number of anilines is 1. The first-order valence-corrected chi connectivity index (χ1v) is 5.66. The van der Waals surface area contributed by atoms with Crippen molar-refractivity contribution in [1.82, 2.24) is 0 Å². The number of benzene rings is 1. The number of amides is 1. The van der Waals surface area contributed by atoms with Gasteiger partial charge in [-0.2, -0.15) is 0 Å². The summed E-state index contributed by atoms with van der Waals surface area (Å²) in [6.45, 7) is 6.35. The van der Waals surface area contributed by atoms with Crippen molar-refractivity contribution in [1.29, 1.82) is 0 Å². The quantitative estimate of drug-likeness (QED) is 0.649. The van der Waals surface area contributed by atoms with Gasteiger partial charge in [0.2, 0.25) is 6.41 Å². The SMILES string of the molecule is CCC.CCOC(=O)c1ccc(NC=O)cc1.[HH]. The number of esters is 1. The van der Waals surface area contributed by atoms with Gasteiger partial charge in [-0.05, 0) is 31.2 Å². The predicted molar refractivity (Wildman–Crippen MR) is 70.2 cm³/mol. The monoisotopic (exact) mass is 239 g/mol. The molecule has 0 saturated heterocycles. The van der Waals surface area contributed by atoms with Crippen LogP contribution in [-0.4, -0.2) is 19.0 Å². The molecule has 0 aromatic heterocycles. The van der Waals surface area contributed by atoms with Gasteiger partial charge in [0.05, 0.1) is 12.2 Å². The molecule has 1 N–H and O–H groups in total. The molecule has 0 bridgehead atoms. The van der Waals surface area contributed by atoms with E-state index in [4.69, 9.17) is 4.74 Å². The minimum atomic E-state index is -0.356. The molecule has 1 aromatic rings. The molecule has 4 nitrogen and oxygen atoms in total. The fraction of sp³-hybridized carbons (Fsp3) is 0.385. The molecule has 0 heterocycles. The Hall–Kier alpha value is -1.84. The van der Waals surface area contributed by atoms with Gasteiger partial charge < -0.3 is 10.1 Å². The van der Waals surface area contributed by atoms with Crippen molar-refractivity contribution < 1.29 is 15.8 Å². The summed E-state index contributed by atoms with van der Waals surface area (Å²) >= 11 is 0. The van der Waals surface area contributed by atoms with Crippen molar-refractivity contribution in [2.75, 3.05) is 11.9 Å². The Kier molecular flexibility index (Phi) is 8.37. The Balaban J connectivity index is 0. The summed E-state index contributed by atoms with van der Waals surface area (Å²) in [5.41, 5.74) is 1.12. The summed E-state index contributed by atoms with van der Waals surface area (Å²) in [6, 6.07) is 6.48. The van der Waals surface area contributed by atoms with Gasteiger partial charge in [0.25, 0.3) is 0 Å². The molecular formula is C13H21NO3. The third-order valence-electron chi connectivity index (χ3n) is 1.62.